The molecule has 0 saturated carbocycles. The molecule has 0 radical (unpaired) electrons. The predicted molar refractivity (Wildman–Crippen MR) is 343 cm³/mol. The van der Waals surface area contributed by atoms with E-state index in [1.807, 2.05) is 0 Å². The van der Waals surface area contributed by atoms with Crippen molar-refractivity contribution in [2.24, 2.45) is 0 Å². The van der Waals surface area contributed by atoms with Crippen molar-refractivity contribution in [3.05, 3.63) is 134 Å². The van der Waals surface area contributed by atoms with Gasteiger partial charge in [-0.25, -0.2) is 0 Å². The molecular weight excluding hydrogens is 973 g/mol. The van der Waals surface area contributed by atoms with Gasteiger partial charge in [0.1, 0.15) is 13.2 Å². The standard InChI is InChI=1S/C73H120O6/c1-4-7-10-13-16-19-22-25-28-31-32-33-34-35-36-37-38-39-40-43-45-48-51-54-57-60-63-66-72(75)78-69-70(79-73(76)67-64-61-58-55-52-49-46-42-30-27-24-21-18-15-12-9-6-3)68-77-71(74)65-62-59-56-53-50-47-44-41-29-26-23-20-17-14-11-8-5-2/h8-9,11-12,17-18,20-21,26-27,29-32,44,46-47,49,53,55-56,58,70H,4-7,10,13-16,19,22-25,28,33-43,45,48,50-52,54,57,59-69H2,1-3H3/b11-8-,12-9-,20-17-,21-18-,29-26-,30-27-,32-31-,47-44-,49-46-,56-53-,58-55-. The lowest BCUT2D eigenvalue weighted by molar-refractivity contribution is -0.167. The van der Waals surface area contributed by atoms with Gasteiger partial charge in [-0.3, -0.25) is 14.4 Å². The first-order valence-electron chi connectivity index (χ1n) is 32.7. The van der Waals surface area contributed by atoms with E-state index in [2.05, 4.69) is 154 Å². The van der Waals surface area contributed by atoms with Crippen LogP contribution >= 0.6 is 0 Å². The highest BCUT2D eigenvalue weighted by molar-refractivity contribution is 5.71. The first-order valence-corrected chi connectivity index (χ1v) is 32.7. The van der Waals surface area contributed by atoms with Crippen LogP contribution in [0, 0.1) is 0 Å². The molecule has 6 nitrogen and oxygen atoms in total. The van der Waals surface area contributed by atoms with E-state index in [4.69, 9.17) is 14.2 Å². The maximum absolute atomic E-state index is 12.9. The fourth-order valence-electron chi connectivity index (χ4n) is 8.80. The van der Waals surface area contributed by atoms with Gasteiger partial charge in [0, 0.05) is 19.3 Å². The maximum atomic E-state index is 12.9. The number of rotatable bonds is 58. The van der Waals surface area contributed by atoms with Gasteiger partial charge in [-0.2, -0.15) is 0 Å². The molecule has 0 heterocycles. The average molecular weight is 1090 g/mol. The summed E-state index contributed by atoms with van der Waals surface area (Å²) in [5.41, 5.74) is 0. The van der Waals surface area contributed by atoms with Crippen molar-refractivity contribution >= 4 is 17.9 Å². The summed E-state index contributed by atoms with van der Waals surface area (Å²) >= 11 is 0. The number of carbonyl (C=O) groups is 3. The average Bonchev–Trinajstić information content (AvgIpc) is 3.45. The van der Waals surface area contributed by atoms with E-state index in [0.717, 1.165) is 96.3 Å². The van der Waals surface area contributed by atoms with Gasteiger partial charge in [0.05, 0.1) is 0 Å². The third-order valence-corrected chi connectivity index (χ3v) is 13.6. The molecule has 0 amide bonds. The third-order valence-electron chi connectivity index (χ3n) is 13.6. The molecule has 0 bridgehead atoms. The summed E-state index contributed by atoms with van der Waals surface area (Å²) in [6, 6.07) is 0. The smallest absolute Gasteiger partial charge is 0.306 e. The number of ether oxygens (including phenoxy) is 3. The van der Waals surface area contributed by atoms with E-state index >= 15 is 0 Å². The zero-order valence-corrected chi connectivity index (χ0v) is 51.3. The van der Waals surface area contributed by atoms with Gasteiger partial charge in [-0.05, 0) is 122 Å². The van der Waals surface area contributed by atoms with E-state index in [1.165, 1.54) is 141 Å². The summed E-state index contributed by atoms with van der Waals surface area (Å²) in [5, 5.41) is 0. The lowest BCUT2D eigenvalue weighted by Gasteiger charge is -2.18. The fraction of sp³-hybridized carbons (Fsp3) is 0.658. The third kappa shape index (κ3) is 64.3. The molecule has 0 fully saturated rings. The summed E-state index contributed by atoms with van der Waals surface area (Å²) in [4.78, 5) is 38.3. The maximum Gasteiger partial charge on any atom is 0.306 e. The van der Waals surface area contributed by atoms with E-state index in [1.54, 1.807) is 0 Å². The van der Waals surface area contributed by atoms with Crippen LogP contribution < -0.4 is 0 Å². The van der Waals surface area contributed by atoms with Crippen molar-refractivity contribution < 1.29 is 28.6 Å². The largest absolute Gasteiger partial charge is 0.462 e. The van der Waals surface area contributed by atoms with Crippen LogP contribution in [0.25, 0.3) is 0 Å². The Morgan fingerprint density at radius 2 is 0.506 bits per heavy atom. The highest BCUT2D eigenvalue weighted by atomic mass is 16.6. The quantitative estimate of drug-likeness (QED) is 0.0261. The van der Waals surface area contributed by atoms with Crippen LogP contribution in [0.2, 0.25) is 0 Å². The Morgan fingerprint density at radius 3 is 0.835 bits per heavy atom. The second-order valence-electron chi connectivity index (χ2n) is 21.3. The zero-order valence-electron chi connectivity index (χ0n) is 51.3. The lowest BCUT2D eigenvalue weighted by Crippen LogP contribution is -2.30. The first kappa shape index (κ1) is 74.5. The van der Waals surface area contributed by atoms with Gasteiger partial charge >= 0.3 is 17.9 Å². The van der Waals surface area contributed by atoms with E-state index < -0.39 is 6.10 Å². The molecule has 79 heavy (non-hydrogen) atoms. The minimum absolute atomic E-state index is 0.121. The highest BCUT2D eigenvalue weighted by Gasteiger charge is 2.19. The van der Waals surface area contributed by atoms with Gasteiger partial charge in [-0.1, -0.05) is 283 Å². The van der Waals surface area contributed by atoms with E-state index in [0.29, 0.717) is 19.3 Å². The molecule has 0 aliphatic carbocycles. The van der Waals surface area contributed by atoms with Gasteiger partial charge < -0.3 is 14.2 Å². The second-order valence-corrected chi connectivity index (χ2v) is 21.3. The lowest BCUT2D eigenvalue weighted by atomic mass is 10.0. The minimum atomic E-state index is -0.836. The first-order chi connectivity index (χ1) is 39.0. The minimum Gasteiger partial charge on any atom is -0.462 e. The monoisotopic (exact) mass is 1090 g/mol. The van der Waals surface area contributed by atoms with Crippen molar-refractivity contribution in [2.45, 2.75) is 297 Å². The molecule has 0 aromatic heterocycles. The van der Waals surface area contributed by atoms with Crippen LogP contribution in [0.1, 0.15) is 290 Å². The van der Waals surface area contributed by atoms with E-state index in [9.17, 15) is 14.4 Å². The molecule has 0 rings (SSSR count). The number of esters is 3. The normalized spacial score (nSPS) is 13.0. The number of hydrogen-bond acceptors (Lipinski definition) is 6. The van der Waals surface area contributed by atoms with Crippen molar-refractivity contribution in [1.82, 2.24) is 0 Å². The fourth-order valence-corrected chi connectivity index (χ4v) is 8.80. The summed E-state index contributed by atoms with van der Waals surface area (Å²) < 4.78 is 16.8. The molecule has 0 aromatic carbocycles. The van der Waals surface area contributed by atoms with Gasteiger partial charge in [0.2, 0.25) is 0 Å². The SMILES string of the molecule is CC/C=C\C/C=C\C/C=C\C/C=C\C/C=C\CCCC(=O)OCC(COC(=O)CCCCCCCCCCCCCCCCC/C=C\CCCCCCCCCC)OC(=O)CCC/C=C\C/C=C\C/C=C\C/C=C\C/C=C\CC. The topological polar surface area (TPSA) is 78.9 Å². The number of carbonyl (C=O) groups excluding carboxylic acids is 3. The van der Waals surface area contributed by atoms with Crippen molar-refractivity contribution in [3.8, 4) is 0 Å². The summed E-state index contributed by atoms with van der Waals surface area (Å²) in [7, 11) is 0. The van der Waals surface area contributed by atoms with Gasteiger partial charge in [0.25, 0.3) is 0 Å². The van der Waals surface area contributed by atoms with Crippen LogP contribution in [-0.2, 0) is 28.6 Å². The number of hydrogen-bond donors (Lipinski definition) is 0. The van der Waals surface area contributed by atoms with Crippen molar-refractivity contribution in [2.75, 3.05) is 13.2 Å². The second kappa shape index (κ2) is 66.1. The van der Waals surface area contributed by atoms with Crippen molar-refractivity contribution in [3.63, 3.8) is 0 Å². The zero-order chi connectivity index (χ0) is 57.1. The molecule has 1 unspecified atom stereocenters. The number of allylic oxidation sites excluding steroid dienone is 22. The molecule has 0 N–H and O–H groups in total. The molecular formula is C73H120O6. The van der Waals surface area contributed by atoms with Crippen molar-refractivity contribution in [1.29, 1.82) is 0 Å². The Hall–Kier alpha value is -4.45. The Kier molecular flexibility index (Phi) is 62.3. The molecule has 0 aliphatic heterocycles. The highest BCUT2D eigenvalue weighted by Crippen LogP contribution is 2.16. The van der Waals surface area contributed by atoms with E-state index in [-0.39, 0.29) is 44.0 Å². The molecule has 448 valence electrons. The Morgan fingerprint density at radius 1 is 0.266 bits per heavy atom. The molecule has 1 atom stereocenters. The number of unbranched alkanes of at least 4 members (excludes halogenated alkanes) is 25. The van der Waals surface area contributed by atoms with Gasteiger partial charge in [-0.15, -0.1) is 0 Å². The van der Waals surface area contributed by atoms with Gasteiger partial charge in [0.15, 0.2) is 6.10 Å². The molecule has 0 aliphatic rings. The summed E-state index contributed by atoms with van der Waals surface area (Å²) in [6.45, 7) is 6.33. The van der Waals surface area contributed by atoms with Crippen LogP contribution in [0.3, 0.4) is 0 Å². The molecule has 0 saturated heterocycles. The van der Waals surface area contributed by atoms with Crippen LogP contribution in [-0.4, -0.2) is 37.2 Å². The summed E-state index contributed by atoms with van der Waals surface area (Å²) in [6.07, 6.45) is 93.4. The summed E-state index contributed by atoms with van der Waals surface area (Å²) in [5.74, 6) is -1.04. The Labute approximate surface area is 487 Å². The molecule has 0 aromatic rings. The molecule has 0 spiro atoms. The van der Waals surface area contributed by atoms with Crippen LogP contribution in [0.15, 0.2) is 134 Å². The Bertz CT molecular complexity index is 1680. The predicted octanol–water partition coefficient (Wildman–Crippen LogP) is 22.5. The Balaban J connectivity index is 4.42. The van der Waals surface area contributed by atoms with Crippen LogP contribution in [0.4, 0.5) is 0 Å². The van der Waals surface area contributed by atoms with Crippen LogP contribution in [0.5, 0.6) is 0 Å². The molecule has 6 heteroatoms.